The number of aliphatic hydroxyl groups is 2. The Morgan fingerprint density at radius 2 is 1.81 bits per heavy atom. The fourth-order valence-corrected chi connectivity index (χ4v) is 4.49. The molecule has 9 nitrogen and oxygen atoms in total. The first-order chi connectivity index (χ1) is 15.2. The lowest BCUT2D eigenvalue weighted by molar-refractivity contribution is -0.179. The summed E-state index contributed by atoms with van der Waals surface area (Å²) in [5.74, 6) is -0.276. The highest BCUT2D eigenvalue weighted by molar-refractivity contribution is 6.09. The van der Waals surface area contributed by atoms with Gasteiger partial charge in [0.15, 0.2) is 17.1 Å². The predicted molar refractivity (Wildman–Crippen MR) is 110 cm³/mol. The molecule has 3 aliphatic heterocycles. The summed E-state index contributed by atoms with van der Waals surface area (Å²) in [5.41, 5.74) is -1.20. The largest absolute Gasteiger partial charge is 0.507 e. The third kappa shape index (κ3) is 2.55. The molecule has 5 rings (SSSR count). The highest BCUT2D eigenvalue weighted by Gasteiger charge is 2.61. The molecule has 3 aliphatic rings. The van der Waals surface area contributed by atoms with Crippen LogP contribution in [0.5, 0.6) is 34.5 Å². The number of Topliss-reactive ketones (excluding diaryl/α,β-unsaturated/α-hetero) is 1. The maximum absolute atomic E-state index is 13.7. The van der Waals surface area contributed by atoms with Crippen LogP contribution in [0.25, 0.3) is 0 Å². The van der Waals surface area contributed by atoms with Crippen molar-refractivity contribution < 1.29 is 43.8 Å². The predicted octanol–water partition coefficient (Wildman–Crippen LogP) is 1.83. The lowest BCUT2D eigenvalue weighted by Gasteiger charge is -2.45. The van der Waals surface area contributed by atoms with Gasteiger partial charge in [-0.2, -0.15) is 0 Å². The van der Waals surface area contributed by atoms with Crippen LogP contribution >= 0.6 is 0 Å². The molecule has 0 aliphatic carbocycles. The van der Waals surface area contributed by atoms with Gasteiger partial charge < -0.3 is 39.0 Å². The molecule has 2 aromatic carbocycles. The standard InChI is InChI=1S/C23H22O9/c1-9(2)13-5-10-14(30-13)7-12(24)18-19(10)32-21-22(26)31-15-8-17(29-4)16(28-3)6-11(15)23(21,27)20(18)25/h6-8,13,21-22,24,26-27H,1,5H2,2-4H3/t13-,21-,22+,23+/m0/s1. The average Bonchev–Trinajstić information content (AvgIpc) is 3.19. The van der Waals surface area contributed by atoms with Gasteiger partial charge in [0.25, 0.3) is 0 Å². The minimum Gasteiger partial charge on any atom is -0.507 e. The third-order valence-electron chi connectivity index (χ3n) is 6.16. The minimum atomic E-state index is -2.35. The number of ketones is 1. The van der Waals surface area contributed by atoms with Crippen molar-refractivity contribution in [2.75, 3.05) is 14.2 Å². The molecule has 0 fully saturated rings. The van der Waals surface area contributed by atoms with Crippen molar-refractivity contribution in [1.82, 2.24) is 0 Å². The van der Waals surface area contributed by atoms with Gasteiger partial charge in [-0.3, -0.25) is 4.79 Å². The summed E-state index contributed by atoms with van der Waals surface area (Å²) >= 11 is 0. The second-order valence-electron chi connectivity index (χ2n) is 8.08. The molecule has 0 saturated heterocycles. The number of benzene rings is 2. The van der Waals surface area contributed by atoms with Crippen molar-refractivity contribution in [3.05, 3.63) is 47.0 Å². The van der Waals surface area contributed by atoms with Crippen molar-refractivity contribution in [3.8, 4) is 34.5 Å². The number of methoxy groups -OCH3 is 2. The van der Waals surface area contributed by atoms with E-state index in [1.807, 2.05) is 6.92 Å². The number of ether oxygens (including phenoxy) is 5. The molecule has 168 valence electrons. The van der Waals surface area contributed by atoms with Crippen LogP contribution in [0.15, 0.2) is 30.4 Å². The monoisotopic (exact) mass is 442 g/mol. The number of phenols is 1. The number of hydrogen-bond donors (Lipinski definition) is 3. The fraction of sp³-hybridized carbons (Fsp3) is 0.348. The van der Waals surface area contributed by atoms with E-state index in [-0.39, 0.29) is 40.2 Å². The number of aromatic hydroxyl groups is 1. The van der Waals surface area contributed by atoms with Crippen molar-refractivity contribution in [1.29, 1.82) is 0 Å². The van der Waals surface area contributed by atoms with Crippen LogP contribution in [0.2, 0.25) is 0 Å². The lowest BCUT2D eigenvalue weighted by atomic mass is 9.76. The van der Waals surface area contributed by atoms with Crippen molar-refractivity contribution in [2.24, 2.45) is 0 Å². The molecule has 0 aromatic heterocycles. The molecule has 0 bridgehead atoms. The zero-order valence-corrected chi connectivity index (χ0v) is 17.7. The highest BCUT2D eigenvalue weighted by Crippen LogP contribution is 2.54. The Bertz CT molecular complexity index is 1170. The summed E-state index contributed by atoms with van der Waals surface area (Å²) in [7, 11) is 2.83. The fourth-order valence-electron chi connectivity index (χ4n) is 4.49. The van der Waals surface area contributed by atoms with Crippen molar-refractivity contribution in [3.63, 3.8) is 0 Å². The SMILES string of the molecule is C=C(C)[C@@H]1Cc2c(cc(O)c3c2O[C@H]2[C@H](O)Oc4cc(OC)c(OC)cc4[C@@]2(O)C3=O)O1. The number of aliphatic hydroxyl groups excluding tert-OH is 1. The molecule has 0 saturated carbocycles. The summed E-state index contributed by atoms with van der Waals surface area (Å²) in [6, 6.07) is 4.12. The van der Waals surface area contributed by atoms with Crippen LogP contribution in [0.3, 0.4) is 0 Å². The van der Waals surface area contributed by atoms with E-state index in [1.165, 1.54) is 32.4 Å². The first-order valence-electron chi connectivity index (χ1n) is 9.96. The number of hydrogen-bond acceptors (Lipinski definition) is 9. The normalized spacial score (nSPS) is 27.0. The van der Waals surface area contributed by atoms with E-state index in [4.69, 9.17) is 23.7 Å². The Hall–Kier alpha value is -3.43. The molecule has 0 unspecified atom stereocenters. The maximum Gasteiger partial charge on any atom is 0.238 e. The molecule has 9 heteroatoms. The molecule has 0 radical (unpaired) electrons. The Labute approximate surface area is 183 Å². The van der Waals surface area contributed by atoms with Gasteiger partial charge in [0.2, 0.25) is 18.2 Å². The van der Waals surface area contributed by atoms with E-state index in [0.29, 0.717) is 17.7 Å². The molecular formula is C23H22O9. The molecule has 32 heavy (non-hydrogen) atoms. The van der Waals surface area contributed by atoms with Gasteiger partial charge in [-0.15, -0.1) is 0 Å². The first-order valence-corrected chi connectivity index (χ1v) is 9.96. The van der Waals surface area contributed by atoms with Crippen LogP contribution in [0.4, 0.5) is 0 Å². The van der Waals surface area contributed by atoms with Gasteiger partial charge >= 0.3 is 0 Å². The first kappa shape index (κ1) is 20.5. The van der Waals surface area contributed by atoms with Gasteiger partial charge in [-0.05, 0) is 18.6 Å². The number of fused-ring (bicyclic) bond motifs is 6. The lowest BCUT2D eigenvalue weighted by Crippen LogP contribution is -2.61. The van der Waals surface area contributed by atoms with Crippen LogP contribution in [-0.4, -0.2) is 53.8 Å². The Morgan fingerprint density at radius 3 is 2.47 bits per heavy atom. The van der Waals surface area contributed by atoms with Gasteiger partial charge in [-0.1, -0.05) is 6.58 Å². The third-order valence-corrected chi connectivity index (χ3v) is 6.16. The van der Waals surface area contributed by atoms with E-state index in [9.17, 15) is 20.1 Å². The Kier molecular flexibility index (Phi) is 4.34. The Morgan fingerprint density at radius 1 is 1.12 bits per heavy atom. The molecule has 0 amide bonds. The average molecular weight is 442 g/mol. The molecule has 3 N–H and O–H groups in total. The number of rotatable bonds is 3. The number of carbonyl (C=O) groups excluding carboxylic acids is 1. The topological polar surface area (TPSA) is 124 Å². The molecule has 4 atom stereocenters. The molecular weight excluding hydrogens is 420 g/mol. The highest BCUT2D eigenvalue weighted by atomic mass is 16.6. The van der Waals surface area contributed by atoms with E-state index in [0.717, 1.165) is 5.57 Å². The molecule has 2 aromatic rings. The summed E-state index contributed by atoms with van der Waals surface area (Å²) in [6.07, 6.45) is -3.16. The van der Waals surface area contributed by atoms with E-state index in [2.05, 4.69) is 6.58 Å². The summed E-state index contributed by atoms with van der Waals surface area (Å²) < 4.78 is 27.9. The summed E-state index contributed by atoms with van der Waals surface area (Å²) in [5, 5.41) is 33.0. The van der Waals surface area contributed by atoms with Crippen LogP contribution < -0.4 is 23.7 Å². The van der Waals surface area contributed by atoms with Crippen LogP contribution in [0, 0.1) is 0 Å². The second kappa shape index (κ2) is 6.78. The minimum absolute atomic E-state index is 0.0251. The number of carbonyl (C=O) groups is 1. The quantitative estimate of drug-likeness (QED) is 0.611. The second-order valence-corrected chi connectivity index (χ2v) is 8.08. The van der Waals surface area contributed by atoms with Crippen molar-refractivity contribution >= 4 is 5.78 Å². The number of phenolic OH excluding ortho intramolecular Hbond substituents is 1. The van der Waals surface area contributed by atoms with Crippen LogP contribution in [0.1, 0.15) is 28.4 Å². The maximum atomic E-state index is 13.7. The smallest absolute Gasteiger partial charge is 0.238 e. The van der Waals surface area contributed by atoms with Gasteiger partial charge in [-0.25, -0.2) is 0 Å². The summed E-state index contributed by atoms with van der Waals surface area (Å²) in [4.78, 5) is 13.7. The zero-order valence-electron chi connectivity index (χ0n) is 17.7. The van der Waals surface area contributed by atoms with Crippen LogP contribution in [-0.2, 0) is 12.0 Å². The van der Waals surface area contributed by atoms with E-state index < -0.39 is 29.5 Å². The van der Waals surface area contributed by atoms with Gasteiger partial charge in [0, 0.05) is 29.7 Å². The Balaban J connectivity index is 1.70. The zero-order chi connectivity index (χ0) is 22.9. The molecule has 3 heterocycles. The summed E-state index contributed by atoms with van der Waals surface area (Å²) in [6.45, 7) is 5.71. The molecule has 0 spiro atoms. The van der Waals surface area contributed by atoms with E-state index >= 15 is 0 Å². The van der Waals surface area contributed by atoms with E-state index in [1.54, 1.807) is 0 Å². The van der Waals surface area contributed by atoms with Gasteiger partial charge in [0.05, 0.1) is 14.2 Å². The van der Waals surface area contributed by atoms with Gasteiger partial charge in [0.1, 0.15) is 34.7 Å². The van der Waals surface area contributed by atoms with Crippen molar-refractivity contribution in [2.45, 2.75) is 37.4 Å².